The van der Waals surface area contributed by atoms with Crippen molar-refractivity contribution in [3.8, 4) is 11.3 Å². The summed E-state index contributed by atoms with van der Waals surface area (Å²) in [6.07, 6.45) is 11.7. The van der Waals surface area contributed by atoms with E-state index in [0.29, 0.717) is 19.5 Å². The zero-order valence-corrected chi connectivity index (χ0v) is 21.0. The van der Waals surface area contributed by atoms with Gasteiger partial charge in [-0.15, -0.1) is 11.3 Å². The van der Waals surface area contributed by atoms with Crippen molar-refractivity contribution in [2.45, 2.75) is 70.8 Å². The summed E-state index contributed by atoms with van der Waals surface area (Å²) in [6, 6.07) is 7.78. The fraction of sp³-hybridized carbons (Fsp3) is 0.538. The van der Waals surface area contributed by atoms with E-state index in [-0.39, 0.29) is 12.0 Å². The highest BCUT2D eigenvalue weighted by Gasteiger charge is 2.23. The Hall–Kier alpha value is -1.89. The highest BCUT2D eigenvalue weighted by atomic mass is 35.5. The maximum atomic E-state index is 13.0. The molecule has 0 bridgehead atoms. The molecule has 1 fully saturated rings. The molecule has 3 aromatic rings. The van der Waals surface area contributed by atoms with Crippen molar-refractivity contribution in [2.75, 3.05) is 19.7 Å². The fourth-order valence-corrected chi connectivity index (χ4v) is 5.44. The highest BCUT2D eigenvalue weighted by Crippen LogP contribution is 2.25. The number of halogens is 1. The van der Waals surface area contributed by atoms with Gasteiger partial charge in [-0.3, -0.25) is 9.20 Å². The lowest BCUT2D eigenvalue weighted by atomic mass is 10.1. The van der Waals surface area contributed by atoms with E-state index in [1.807, 2.05) is 29.2 Å². The first-order valence-corrected chi connectivity index (χ1v) is 13.5. The Labute approximate surface area is 205 Å². The first kappa shape index (κ1) is 24.2. The summed E-state index contributed by atoms with van der Waals surface area (Å²) < 4.78 is 8.00. The Morgan fingerprint density at radius 2 is 2.06 bits per heavy atom. The third-order valence-electron chi connectivity index (χ3n) is 6.36. The lowest BCUT2D eigenvalue weighted by Crippen LogP contribution is -2.38. The van der Waals surface area contributed by atoms with Crippen molar-refractivity contribution in [1.82, 2.24) is 14.3 Å². The van der Waals surface area contributed by atoms with Gasteiger partial charge in [0.25, 0.3) is 0 Å². The molecule has 178 valence electrons. The van der Waals surface area contributed by atoms with Crippen LogP contribution in [0.15, 0.2) is 35.8 Å². The smallest absolute Gasteiger partial charge is 0.222 e. The van der Waals surface area contributed by atoms with Gasteiger partial charge in [0, 0.05) is 60.4 Å². The number of nitrogens with zero attached hydrogens (tertiary/aromatic N) is 3. The number of thiazole rings is 1. The maximum Gasteiger partial charge on any atom is 0.222 e. The van der Waals surface area contributed by atoms with Crippen LogP contribution in [0.3, 0.4) is 0 Å². The number of fused-ring (bicyclic) bond motifs is 1. The molecular formula is C26H34ClN3O2S. The van der Waals surface area contributed by atoms with Crippen molar-refractivity contribution in [1.29, 1.82) is 0 Å². The van der Waals surface area contributed by atoms with Crippen molar-refractivity contribution in [2.24, 2.45) is 0 Å². The number of carbonyl (C=O) groups is 1. The predicted octanol–water partition coefficient (Wildman–Crippen LogP) is 6.63. The summed E-state index contributed by atoms with van der Waals surface area (Å²) in [5, 5.41) is 2.88. The van der Waals surface area contributed by atoms with Gasteiger partial charge in [-0.1, -0.05) is 56.3 Å². The third kappa shape index (κ3) is 6.58. The Morgan fingerprint density at radius 1 is 1.24 bits per heavy atom. The largest absolute Gasteiger partial charge is 0.376 e. The Balaban J connectivity index is 1.40. The fourth-order valence-electron chi connectivity index (χ4n) is 4.41. The number of benzene rings is 1. The molecule has 0 aliphatic carbocycles. The zero-order valence-electron chi connectivity index (χ0n) is 19.5. The number of amides is 1. The monoisotopic (exact) mass is 487 g/mol. The van der Waals surface area contributed by atoms with E-state index in [1.54, 1.807) is 11.3 Å². The molecular weight excluding hydrogens is 454 g/mol. The summed E-state index contributed by atoms with van der Waals surface area (Å²) >= 11 is 7.67. The van der Waals surface area contributed by atoms with Gasteiger partial charge in [0.05, 0.1) is 11.8 Å². The molecule has 7 heteroatoms. The SMILES string of the molecule is CCCCCCCC(=O)N(CCc1csc2nc(-c3ccc(Cl)cc3)cn12)CC1CCCO1. The van der Waals surface area contributed by atoms with Gasteiger partial charge in [-0.25, -0.2) is 4.98 Å². The second-order valence-electron chi connectivity index (χ2n) is 8.90. The number of aromatic nitrogens is 2. The lowest BCUT2D eigenvalue weighted by molar-refractivity contribution is -0.132. The van der Waals surface area contributed by atoms with Crippen molar-refractivity contribution < 1.29 is 9.53 Å². The number of hydrogen-bond donors (Lipinski definition) is 0. The molecule has 0 saturated carbocycles. The van der Waals surface area contributed by atoms with E-state index in [2.05, 4.69) is 22.9 Å². The van der Waals surface area contributed by atoms with Crippen LogP contribution < -0.4 is 0 Å². The van der Waals surface area contributed by atoms with Gasteiger partial charge in [-0.2, -0.15) is 0 Å². The van der Waals surface area contributed by atoms with Crippen molar-refractivity contribution in [3.05, 3.63) is 46.6 Å². The minimum Gasteiger partial charge on any atom is -0.376 e. The van der Waals surface area contributed by atoms with Gasteiger partial charge in [0.15, 0.2) is 4.96 Å². The average Bonchev–Trinajstić information content (AvgIpc) is 3.55. The van der Waals surface area contributed by atoms with Gasteiger partial charge < -0.3 is 9.64 Å². The number of imidazole rings is 1. The number of unbranched alkanes of at least 4 members (excludes halogenated alkanes) is 4. The lowest BCUT2D eigenvalue weighted by Gasteiger charge is -2.25. The van der Waals surface area contributed by atoms with Crippen LogP contribution in [-0.2, 0) is 16.0 Å². The molecule has 0 radical (unpaired) electrons. The van der Waals surface area contributed by atoms with Crippen LogP contribution in [0.25, 0.3) is 16.2 Å². The van der Waals surface area contributed by atoms with E-state index >= 15 is 0 Å². The predicted molar refractivity (Wildman–Crippen MR) is 136 cm³/mol. The van der Waals surface area contributed by atoms with Gasteiger partial charge in [-0.05, 0) is 31.4 Å². The molecule has 0 N–H and O–H groups in total. The standard InChI is InChI=1S/C26H34ClN3O2S/c1-2-3-4-5-6-9-25(31)29(17-23-8-7-16-32-23)15-14-22-19-33-26-28-24(18-30(22)26)20-10-12-21(27)13-11-20/h10-13,18-19,23H,2-9,14-17H2,1H3. The highest BCUT2D eigenvalue weighted by molar-refractivity contribution is 7.15. The summed E-state index contributed by atoms with van der Waals surface area (Å²) in [6.45, 7) is 4.46. The van der Waals surface area contributed by atoms with E-state index in [1.165, 1.54) is 25.0 Å². The van der Waals surface area contributed by atoms with E-state index in [9.17, 15) is 4.79 Å². The Bertz CT molecular complexity index is 1020. The molecule has 5 nitrogen and oxygen atoms in total. The van der Waals surface area contributed by atoms with Crippen LogP contribution >= 0.6 is 22.9 Å². The summed E-state index contributed by atoms with van der Waals surface area (Å²) in [5.41, 5.74) is 3.19. The second kappa shape index (κ2) is 12.0. The molecule has 3 heterocycles. The van der Waals surface area contributed by atoms with Crippen LogP contribution in [0, 0.1) is 0 Å². The zero-order chi connectivity index (χ0) is 23.0. The third-order valence-corrected chi connectivity index (χ3v) is 7.50. The number of hydrogen-bond acceptors (Lipinski definition) is 4. The first-order chi connectivity index (χ1) is 16.1. The minimum atomic E-state index is 0.182. The van der Waals surface area contributed by atoms with E-state index in [0.717, 1.165) is 60.0 Å². The first-order valence-electron chi connectivity index (χ1n) is 12.2. The van der Waals surface area contributed by atoms with Crippen LogP contribution in [0.2, 0.25) is 5.02 Å². The summed E-state index contributed by atoms with van der Waals surface area (Å²) in [4.78, 5) is 20.8. The van der Waals surface area contributed by atoms with Crippen LogP contribution in [-0.4, -0.2) is 46.0 Å². The summed E-state index contributed by atoms with van der Waals surface area (Å²) in [5.74, 6) is 0.265. The molecule has 1 atom stereocenters. The minimum absolute atomic E-state index is 0.182. The van der Waals surface area contributed by atoms with Crippen LogP contribution in [0.4, 0.5) is 0 Å². The molecule has 1 amide bonds. The Kier molecular flexibility index (Phi) is 8.82. The number of carbonyl (C=O) groups excluding carboxylic acids is 1. The summed E-state index contributed by atoms with van der Waals surface area (Å²) in [7, 11) is 0. The normalized spacial score (nSPS) is 16.0. The quantitative estimate of drug-likeness (QED) is 0.269. The molecule has 1 saturated heterocycles. The van der Waals surface area contributed by atoms with Crippen LogP contribution in [0.1, 0.15) is 64.0 Å². The average molecular weight is 488 g/mol. The van der Waals surface area contributed by atoms with E-state index in [4.69, 9.17) is 21.3 Å². The number of ether oxygens (including phenoxy) is 1. The molecule has 33 heavy (non-hydrogen) atoms. The number of rotatable bonds is 12. The van der Waals surface area contributed by atoms with E-state index < -0.39 is 0 Å². The molecule has 1 unspecified atom stereocenters. The second-order valence-corrected chi connectivity index (χ2v) is 10.2. The molecule has 1 aliphatic heterocycles. The molecule has 1 aliphatic rings. The molecule has 2 aromatic heterocycles. The van der Waals surface area contributed by atoms with Crippen molar-refractivity contribution >= 4 is 33.8 Å². The van der Waals surface area contributed by atoms with Gasteiger partial charge >= 0.3 is 0 Å². The van der Waals surface area contributed by atoms with Gasteiger partial charge in [0.1, 0.15) is 0 Å². The van der Waals surface area contributed by atoms with Crippen molar-refractivity contribution in [3.63, 3.8) is 0 Å². The topological polar surface area (TPSA) is 46.8 Å². The molecule has 0 spiro atoms. The maximum absolute atomic E-state index is 13.0. The molecule has 4 rings (SSSR count). The Morgan fingerprint density at radius 3 is 2.82 bits per heavy atom. The molecule has 1 aromatic carbocycles. The van der Waals surface area contributed by atoms with Gasteiger partial charge in [0.2, 0.25) is 5.91 Å². The van der Waals surface area contributed by atoms with Crippen LogP contribution in [0.5, 0.6) is 0 Å².